The fraction of sp³-hybridized carbons (Fsp3) is 0.500. The maximum atomic E-state index is 12.9. The number of anilines is 1. The number of aromatic nitrogens is 1. The monoisotopic (exact) mass is 519 g/mol. The van der Waals surface area contributed by atoms with Gasteiger partial charge in [-0.15, -0.1) is 0 Å². The molecule has 5 rings (SSSR count). The summed E-state index contributed by atoms with van der Waals surface area (Å²) in [4.78, 5) is 49.9. The molecule has 10 heteroatoms. The molecule has 38 heavy (non-hydrogen) atoms. The lowest BCUT2D eigenvalue weighted by Gasteiger charge is -2.40. The molecule has 4 heterocycles. The van der Waals surface area contributed by atoms with E-state index in [4.69, 9.17) is 4.98 Å². The van der Waals surface area contributed by atoms with Crippen molar-refractivity contribution in [3.05, 3.63) is 59.8 Å². The van der Waals surface area contributed by atoms with E-state index in [1.165, 1.54) is 30.8 Å². The van der Waals surface area contributed by atoms with Crippen molar-refractivity contribution in [2.24, 2.45) is 0 Å². The SMILES string of the molecule is O=CN1CC(=O)N(Cc2cccnc2N2CCC(N3CCCC3)CC2)C[C@@H]1NC(=O)NCc1ccccc1. The standard InChI is InChI=1S/C28H37N7O3/c36-21-35-20-26(37)34(19-25(35)31-28(38)30-17-22-7-2-1-3-8-22)18-23-9-6-12-29-27(23)33-15-10-24(11-16-33)32-13-4-5-14-32/h1-3,6-9,12,21,24-25H,4-5,10-11,13-20H2,(H2,30,31,38)/t25-/m1/s1. The van der Waals surface area contributed by atoms with Crippen LogP contribution in [0.3, 0.4) is 0 Å². The molecule has 0 saturated carbocycles. The number of pyridine rings is 1. The van der Waals surface area contributed by atoms with Crippen molar-refractivity contribution in [1.82, 2.24) is 30.3 Å². The quantitative estimate of drug-likeness (QED) is 0.516. The van der Waals surface area contributed by atoms with Crippen molar-refractivity contribution in [3.63, 3.8) is 0 Å². The van der Waals surface area contributed by atoms with Gasteiger partial charge in [0.1, 0.15) is 18.5 Å². The number of amides is 4. The zero-order valence-electron chi connectivity index (χ0n) is 21.8. The highest BCUT2D eigenvalue weighted by atomic mass is 16.2. The molecule has 1 atom stereocenters. The van der Waals surface area contributed by atoms with Crippen molar-refractivity contribution in [2.75, 3.05) is 44.2 Å². The molecule has 0 bridgehead atoms. The third-order valence-corrected chi connectivity index (χ3v) is 7.84. The predicted molar refractivity (Wildman–Crippen MR) is 144 cm³/mol. The number of nitrogens with one attached hydrogen (secondary N) is 2. The molecule has 0 unspecified atom stereocenters. The molecule has 0 spiro atoms. The number of hydrogen-bond donors (Lipinski definition) is 2. The highest BCUT2D eigenvalue weighted by Gasteiger charge is 2.33. The van der Waals surface area contributed by atoms with Crippen LogP contribution in [0.1, 0.15) is 36.8 Å². The second-order valence-electron chi connectivity index (χ2n) is 10.3. The summed E-state index contributed by atoms with van der Waals surface area (Å²) < 4.78 is 0. The maximum Gasteiger partial charge on any atom is 0.316 e. The zero-order valence-corrected chi connectivity index (χ0v) is 21.8. The molecular formula is C28H37N7O3. The van der Waals surface area contributed by atoms with E-state index in [0.717, 1.165) is 42.9 Å². The summed E-state index contributed by atoms with van der Waals surface area (Å²) in [5, 5.41) is 5.68. The molecule has 0 radical (unpaired) electrons. The molecule has 0 aliphatic carbocycles. The molecule has 3 aliphatic heterocycles. The van der Waals surface area contributed by atoms with Gasteiger partial charge in [-0.05, 0) is 50.4 Å². The number of piperazine rings is 1. The number of carbonyl (C=O) groups excluding carboxylic acids is 3. The number of piperidine rings is 1. The van der Waals surface area contributed by atoms with Gasteiger partial charge in [-0.25, -0.2) is 9.78 Å². The molecule has 2 N–H and O–H groups in total. The lowest BCUT2D eigenvalue weighted by atomic mass is 10.0. The van der Waals surface area contributed by atoms with Gasteiger partial charge < -0.3 is 30.2 Å². The van der Waals surface area contributed by atoms with E-state index in [-0.39, 0.29) is 25.0 Å². The molecule has 3 fully saturated rings. The Hall–Kier alpha value is -3.66. The highest BCUT2D eigenvalue weighted by molar-refractivity contribution is 5.82. The van der Waals surface area contributed by atoms with Crippen molar-refractivity contribution < 1.29 is 14.4 Å². The predicted octanol–water partition coefficient (Wildman–Crippen LogP) is 1.77. The molecular weight excluding hydrogens is 482 g/mol. The summed E-state index contributed by atoms with van der Waals surface area (Å²) in [6.07, 6.45) is 6.67. The Morgan fingerprint density at radius 2 is 1.79 bits per heavy atom. The third-order valence-electron chi connectivity index (χ3n) is 7.84. The van der Waals surface area contributed by atoms with Crippen molar-refractivity contribution >= 4 is 24.2 Å². The second-order valence-corrected chi connectivity index (χ2v) is 10.3. The van der Waals surface area contributed by atoms with Gasteiger partial charge >= 0.3 is 6.03 Å². The van der Waals surface area contributed by atoms with E-state index in [0.29, 0.717) is 25.5 Å². The van der Waals surface area contributed by atoms with E-state index in [9.17, 15) is 14.4 Å². The molecule has 1 aromatic heterocycles. The Morgan fingerprint density at radius 1 is 1.03 bits per heavy atom. The van der Waals surface area contributed by atoms with E-state index in [1.807, 2.05) is 42.5 Å². The summed E-state index contributed by atoms with van der Waals surface area (Å²) in [5.74, 6) is 0.769. The van der Waals surface area contributed by atoms with Crippen LogP contribution in [0.25, 0.3) is 0 Å². The molecule has 2 aromatic rings. The van der Waals surface area contributed by atoms with Gasteiger partial charge in [-0.3, -0.25) is 9.59 Å². The van der Waals surface area contributed by atoms with Crippen LogP contribution in [0, 0.1) is 0 Å². The number of nitrogens with zero attached hydrogens (tertiary/aromatic N) is 5. The van der Waals surface area contributed by atoms with E-state index in [2.05, 4.69) is 20.4 Å². The van der Waals surface area contributed by atoms with Gasteiger partial charge in [-0.1, -0.05) is 36.4 Å². The van der Waals surface area contributed by atoms with Gasteiger partial charge in [0.25, 0.3) is 0 Å². The first-order valence-electron chi connectivity index (χ1n) is 13.6. The largest absolute Gasteiger partial charge is 0.356 e. The summed E-state index contributed by atoms with van der Waals surface area (Å²) in [5.41, 5.74) is 1.95. The summed E-state index contributed by atoms with van der Waals surface area (Å²) in [6, 6.07) is 13.8. The molecule has 4 amide bonds. The topological polar surface area (TPSA) is 101 Å². The molecule has 202 valence electrons. The Labute approximate surface area is 224 Å². The van der Waals surface area contributed by atoms with Crippen molar-refractivity contribution in [2.45, 2.75) is 51.0 Å². The van der Waals surface area contributed by atoms with Crippen molar-refractivity contribution in [1.29, 1.82) is 0 Å². The van der Waals surface area contributed by atoms with Gasteiger partial charge in [0.05, 0.1) is 6.54 Å². The van der Waals surface area contributed by atoms with Crippen LogP contribution in [-0.4, -0.2) is 89.5 Å². The molecule has 10 nitrogen and oxygen atoms in total. The van der Waals surface area contributed by atoms with E-state index in [1.54, 1.807) is 11.1 Å². The second kappa shape index (κ2) is 12.3. The smallest absolute Gasteiger partial charge is 0.316 e. The van der Waals surface area contributed by atoms with Gasteiger partial charge in [0.2, 0.25) is 12.3 Å². The van der Waals surface area contributed by atoms with E-state index < -0.39 is 6.17 Å². The highest BCUT2D eigenvalue weighted by Crippen LogP contribution is 2.27. The number of rotatable bonds is 8. The minimum absolute atomic E-state index is 0.0794. The van der Waals surface area contributed by atoms with Crippen LogP contribution in [0.5, 0.6) is 0 Å². The van der Waals surface area contributed by atoms with Gasteiger partial charge in [0.15, 0.2) is 0 Å². The van der Waals surface area contributed by atoms with Crippen LogP contribution in [0.2, 0.25) is 0 Å². The van der Waals surface area contributed by atoms with Gasteiger partial charge in [0, 0.05) is 44.0 Å². The minimum Gasteiger partial charge on any atom is -0.356 e. The van der Waals surface area contributed by atoms with Crippen LogP contribution in [0.15, 0.2) is 48.7 Å². The Bertz CT molecular complexity index is 1100. The average Bonchev–Trinajstić information content (AvgIpc) is 3.50. The minimum atomic E-state index is -0.614. The van der Waals surface area contributed by atoms with Crippen LogP contribution in [-0.2, 0) is 22.7 Å². The normalized spacial score (nSPS) is 21.0. The average molecular weight is 520 g/mol. The molecule has 3 aliphatic rings. The first kappa shape index (κ1) is 26.0. The van der Waals surface area contributed by atoms with E-state index >= 15 is 0 Å². The van der Waals surface area contributed by atoms with Crippen LogP contribution in [0.4, 0.5) is 10.6 Å². The third kappa shape index (κ3) is 6.24. The molecule has 1 aromatic carbocycles. The Balaban J connectivity index is 1.20. The number of hydrogen-bond acceptors (Lipinski definition) is 6. The van der Waals surface area contributed by atoms with Crippen LogP contribution >= 0.6 is 0 Å². The summed E-state index contributed by atoms with van der Waals surface area (Å²) >= 11 is 0. The number of carbonyl (C=O) groups is 3. The lowest BCUT2D eigenvalue weighted by Crippen LogP contribution is -2.62. The maximum absolute atomic E-state index is 12.9. The number of likely N-dealkylation sites (tertiary alicyclic amines) is 1. The Kier molecular flexibility index (Phi) is 8.37. The fourth-order valence-electron chi connectivity index (χ4n) is 5.75. The fourth-order valence-corrected chi connectivity index (χ4v) is 5.75. The summed E-state index contributed by atoms with van der Waals surface area (Å²) in [6.45, 7) is 5.21. The zero-order chi connectivity index (χ0) is 26.3. The van der Waals surface area contributed by atoms with Crippen LogP contribution < -0.4 is 15.5 Å². The molecule has 3 saturated heterocycles. The Morgan fingerprint density at radius 3 is 2.53 bits per heavy atom. The van der Waals surface area contributed by atoms with Crippen molar-refractivity contribution in [3.8, 4) is 0 Å². The first-order valence-corrected chi connectivity index (χ1v) is 13.6. The summed E-state index contributed by atoms with van der Waals surface area (Å²) in [7, 11) is 0. The lowest BCUT2D eigenvalue weighted by molar-refractivity contribution is -0.144. The first-order chi connectivity index (χ1) is 18.6. The van der Waals surface area contributed by atoms with Gasteiger partial charge in [-0.2, -0.15) is 0 Å². The number of benzene rings is 1. The number of urea groups is 1.